The predicted octanol–water partition coefficient (Wildman–Crippen LogP) is 2.94. The van der Waals surface area contributed by atoms with Gasteiger partial charge in [-0.1, -0.05) is 43.6 Å². The van der Waals surface area contributed by atoms with Crippen LogP contribution in [-0.2, 0) is 18.4 Å². The number of aromatic nitrogens is 3. The zero-order chi connectivity index (χ0) is 17.6. The fraction of sp³-hybridized carbons (Fsp3) is 0.500. The van der Waals surface area contributed by atoms with Crippen molar-refractivity contribution in [3.8, 4) is 0 Å². The normalized spacial score (nSPS) is 11.8. The maximum Gasteiger partial charge on any atom is 0.232 e. The molecule has 0 amide bonds. The Balaban J connectivity index is 0.00000312. The van der Waals surface area contributed by atoms with Gasteiger partial charge < -0.3 is 15.2 Å². The maximum absolute atomic E-state index is 5.77. The number of halogens is 2. The van der Waals surface area contributed by atoms with E-state index in [-0.39, 0.29) is 29.4 Å². The molecule has 0 aliphatic carbocycles. The van der Waals surface area contributed by atoms with E-state index in [4.69, 9.17) is 16.1 Å². The van der Waals surface area contributed by atoms with Crippen LogP contribution < -0.4 is 10.6 Å². The van der Waals surface area contributed by atoms with Crippen LogP contribution in [0.15, 0.2) is 27.8 Å². The molecular weight excluding hydrogens is 455 g/mol. The van der Waals surface area contributed by atoms with E-state index in [0.717, 1.165) is 18.5 Å². The summed E-state index contributed by atoms with van der Waals surface area (Å²) in [5.74, 6) is 1.90. The molecule has 0 unspecified atom stereocenters. The Bertz CT molecular complexity index is 681. The molecule has 9 heteroatoms. The summed E-state index contributed by atoms with van der Waals surface area (Å²) in [6.45, 7) is 7.27. The number of nitrogens with zero attached hydrogens (tertiary/aromatic N) is 4. The van der Waals surface area contributed by atoms with Gasteiger partial charge in [0, 0.05) is 25.2 Å². The van der Waals surface area contributed by atoms with E-state index in [1.165, 1.54) is 0 Å². The molecule has 0 aliphatic rings. The molecule has 0 fully saturated rings. The summed E-state index contributed by atoms with van der Waals surface area (Å²) in [6, 6.07) is 3.74. The van der Waals surface area contributed by atoms with Gasteiger partial charge in [0.2, 0.25) is 5.89 Å². The molecule has 2 N–H and O–H groups in total. The van der Waals surface area contributed by atoms with Gasteiger partial charge in [0.15, 0.2) is 11.8 Å². The minimum Gasteiger partial charge on any atom is -0.356 e. The van der Waals surface area contributed by atoms with Crippen LogP contribution in [0, 0.1) is 0 Å². The number of guanidine groups is 1. The topological polar surface area (TPSA) is 88.2 Å². The first kappa shape index (κ1) is 21.6. The number of rotatable bonds is 5. The lowest BCUT2D eigenvalue weighted by molar-refractivity contribution is 0.318. The third-order valence-electron chi connectivity index (χ3n) is 3.24. The summed E-state index contributed by atoms with van der Waals surface area (Å²) in [5, 5.41) is 10.9. The van der Waals surface area contributed by atoms with Crippen molar-refractivity contribution >= 4 is 41.5 Å². The van der Waals surface area contributed by atoms with Crippen molar-refractivity contribution in [3.05, 3.63) is 40.8 Å². The fourth-order valence-electron chi connectivity index (χ4n) is 1.89. The van der Waals surface area contributed by atoms with Gasteiger partial charge in [0.1, 0.15) is 5.15 Å². The van der Waals surface area contributed by atoms with Crippen LogP contribution in [-0.4, -0.2) is 34.7 Å². The second-order valence-corrected chi connectivity index (χ2v) is 6.74. The lowest BCUT2D eigenvalue weighted by atomic mass is 9.97. The molecule has 25 heavy (non-hydrogen) atoms. The summed E-state index contributed by atoms with van der Waals surface area (Å²) in [4.78, 5) is 12.6. The van der Waals surface area contributed by atoms with Crippen molar-refractivity contribution in [2.75, 3.05) is 13.6 Å². The van der Waals surface area contributed by atoms with Crippen molar-refractivity contribution in [3.63, 3.8) is 0 Å². The van der Waals surface area contributed by atoms with Gasteiger partial charge in [-0.05, 0) is 18.1 Å². The molecule has 0 radical (unpaired) electrons. The zero-order valence-electron chi connectivity index (χ0n) is 14.8. The lowest BCUT2D eigenvalue weighted by Crippen LogP contribution is -2.38. The number of pyridine rings is 1. The zero-order valence-corrected chi connectivity index (χ0v) is 17.9. The molecule has 0 aliphatic heterocycles. The Hall–Kier alpha value is -1.42. The second kappa shape index (κ2) is 9.91. The molecule has 0 saturated carbocycles. The SMILES string of the molecule is CN=C(NCCc1ccc(Cl)nc1)NCc1noc(C(C)(C)C)n1.I. The molecule has 0 bridgehead atoms. The van der Waals surface area contributed by atoms with Crippen molar-refractivity contribution < 1.29 is 4.52 Å². The van der Waals surface area contributed by atoms with Crippen LogP contribution in [0.4, 0.5) is 0 Å². The van der Waals surface area contributed by atoms with Gasteiger partial charge in [0.25, 0.3) is 0 Å². The van der Waals surface area contributed by atoms with Crippen molar-refractivity contribution in [1.82, 2.24) is 25.8 Å². The van der Waals surface area contributed by atoms with E-state index in [2.05, 4.69) is 30.8 Å². The van der Waals surface area contributed by atoms with E-state index in [1.54, 1.807) is 19.3 Å². The molecule has 0 aromatic carbocycles. The van der Waals surface area contributed by atoms with E-state index in [9.17, 15) is 0 Å². The van der Waals surface area contributed by atoms with E-state index < -0.39 is 0 Å². The Morgan fingerprint density at radius 2 is 2.04 bits per heavy atom. The molecule has 2 aromatic rings. The van der Waals surface area contributed by atoms with Gasteiger partial charge in [-0.25, -0.2) is 4.98 Å². The molecule has 2 heterocycles. The molecule has 0 spiro atoms. The first-order valence-corrected chi connectivity index (χ1v) is 8.14. The van der Waals surface area contributed by atoms with Crippen LogP contribution in [0.25, 0.3) is 0 Å². The van der Waals surface area contributed by atoms with Crippen molar-refractivity contribution in [1.29, 1.82) is 0 Å². The molecule has 138 valence electrons. The summed E-state index contributed by atoms with van der Waals surface area (Å²) in [5.41, 5.74) is 0.952. The Morgan fingerprint density at radius 3 is 2.60 bits per heavy atom. The highest BCUT2D eigenvalue weighted by Crippen LogP contribution is 2.19. The molecule has 7 nitrogen and oxygen atoms in total. The van der Waals surface area contributed by atoms with Crippen LogP contribution in [0.2, 0.25) is 5.15 Å². The van der Waals surface area contributed by atoms with Crippen LogP contribution >= 0.6 is 35.6 Å². The van der Waals surface area contributed by atoms with Gasteiger partial charge in [-0.15, -0.1) is 24.0 Å². The molecule has 0 saturated heterocycles. The van der Waals surface area contributed by atoms with E-state index >= 15 is 0 Å². The van der Waals surface area contributed by atoms with Gasteiger partial charge in [-0.2, -0.15) is 4.98 Å². The second-order valence-electron chi connectivity index (χ2n) is 6.36. The molecule has 2 aromatic heterocycles. The largest absolute Gasteiger partial charge is 0.356 e. The number of nitrogens with one attached hydrogen (secondary N) is 2. The van der Waals surface area contributed by atoms with Gasteiger partial charge in [-0.3, -0.25) is 4.99 Å². The van der Waals surface area contributed by atoms with Crippen LogP contribution in [0.5, 0.6) is 0 Å². The lowest BCUT2D eigenvalue weighted by Gasteiger charge is -2.11. The van der Waals surface area contributed by atoms with Crippen molar-refractivity contribution in [2.24, 2.45) is 4.99 Å². The van der Waals surface area contributed by atoms with Gasteiger partial charge >= 0.3 is 0 Å². The Kier molecular flexibility index (Phi) is 8.57. The summed E-state index contributed by atoms with van der Waals surface area (Å²) in [7, 11) is 1.72. The Labute approximate surface area is 170 Å². The highest BCUT2D eigenvalue weighted by molar-refractivity contribution is 14.0. The highest BCUT2D eigenvalue weighted by Gasteiger charge is 2.21. The standard InChI is InChI=1S/C16H23ClN6O.HI/c1-16(2,3)14-22-13(23-24-14)10-21-15(18-4)19-8-7-11-5-6-12(17)20-9-11;/h5-6,9H,7-8,10H2,1-4H3,(H2,18,19,21);1H. The maximum atomic E-state index is 5.77. The Morgan fingerprint density at radius 1 is 1.28 bits per heavy atom. The highest BCUT2D eigenvalue weighted by atomic mass is 127. The van der Waals surface area contributed by atoms with Crippen molar-refractivity contribution in [2.45, 2.75) is 39.2 Å². The van der Waals surface area contributed by atoms with Gasteiger partial charge in [0.05, 0.1) is 6.54 Å². The monoisotopic (exact) mass is 478 g/mol. The molecule has 0 atom stereocenters. The molecular formula is C16H24ClIN6O. The average molecular weight is 479 g/mol. The predicted molar refractivity (Wildman–Crippen MR) is 110 cm³/mol. The minimum absolute atomic E-state index is 0. The smallest absolute Gasteiger partial charge is 0.232 e. The minimum atomic E-state index is -0.155. The average Bonchev–Trinajstić information content (AvgIpc) is 3.01. The van der Waals surface area contributed by atoms with Crippen LogP contribution in [0.3, 0.4) is 0 Å². The number of aliphatic imine (C=N–C) groups is 1. The van der Waals surface area contributed by atoms with E-state index in [0.29, 0.717) is 29.4 Å². The quantitative estimate of drug-likeness (QED) is 0.297. The van der Waals surface area contributed by atoms with Crippen LogP contribution in [0.1, 0.15) is 38.0 Å². The number of hydrogen-bond acceptors (Lipinski definition) is 5. The first-order valence-electron chi connectivity index (χ1n) is 7.76. The third kappa shape index (κ3) is 7.15. The molecule has 2 rings (SSSR count). The number of hydrogen-bond donors (Lipinski definition) is 2. The summed E-state index contributed by atoms with van der Waals surface area (Å²) in [6.07, 6.45) is 2.59. The third-order valence-corrected chi connectivity index (χ3v) is 3.47. The van der Waals surface area contributed by atoms with E-state index in [1.807, 2.05) is 26.8 Å². The summed E-state index contributed by atoms with van der Waals surface area (Å²) >= 11 is 5.77. The summed E-state index contributed by atoms with van der Waals surface area (Å²) < 4.78 is 5.26. The fourth-order valence-corrected chi connectivity index (χ4v) is 2.01. The first-order chi connectivity index (χ1) is 11.4.